The van der Waals surface area contributed by atoms with Gasteiger partial charge in [0.2, 0.25) is 5.91 Å². The van der Waals surface area contributed by atoms with Crippen LogP contribution in [0.1, 0.15) is 12.8 Å². The van der Waals surface area contributed by atoms with Crippen LogP contribution in [0.5, 0.6) is 0 Å². The number of carbonyl (C=O) groups excluding carboxylic acids is 1. The van der Waals surface area contributed by atoms with Crippen LogP contribution >= 0.6 is 0 Å². The van der Waals surface area contributed by atoms with E-state index in [1.54, 1.807) is 10.9 Å². The third-order valence-corrected chi connectivity index (χ3v) is 2.16. The van der Waals surface area contributed by atoms with Crippen LogP contribution in [0.3, 0.4) is 0 Å². The molecule has 1 aliphatic rings. The number of halogens is 1. The summed E-state index contributed by atoms with van der Waals surface area (Å²) < 4.78 is 1.77. The van der Waals surface area contributed by atoms with E-state index in [9.17, 15) is 4.79 Å². The van der Waals surface area contributed by atoms with E-state index in [4.69, 9.17) is 0 Å². The van der Waals surface area contributed by atoms with Gasteiger partial charge >= 0.3 is 0 Å². The molecule has 0 aliphatic carbocycles. The zero-order chi connectivity index (χ0) is 9.10. The fourth-order valence-electron chi connectivity index (χ4n) is 1.47. The number of amides is 1. The molecule has 1 saturated heterocycles. The first-order chi connectivity index (χ1) is 6.36. The zero-order valence-corrected chi connectivity index (χ0v) is 8.52. The van der Waals surface area contributed by atoms with Crippen molar-refractivity contribution in [2.75, 3.05) is 6.54 Å². The second kappa shape index (κ2) is 4.91. The molecule has 2 rings (SSSR count). The number of aromatic nitrogens is 2. The van der Waals surface area contributed by atoms with Gasteiger partial charge in [0.05, 0.1) is 6.20 Å². The van der Waals surface area contributed by atoms with Crippen molar-refractivity contribution in [2.24, 2.45) is 0 Å². The second-order valence-corrected chi connectivity index (χ2v) is 3.14. The summed E-state index contributed by atoms with van der Waals surface area (Å²) in [4.78, 5) is 13.1. The van der Waals surface area contributed by atoms with Gasteiger partial charge in [0, 0.05) is 19.0 Å². The molecule has 5 heteroatoms. The number of likely N-dealkylation sites (tertiary alicyclic amines) is 1. The maximum Gasteiger partial charge on any atom is 0.252 e. The third-order valence-electron chi connectivity index (χ3n) is 2.16. The van der Waals surface area contributed by atoms with E-state index in [1.165, 1.54) is 0 Å². The minimum absolute atomic E-state index is 0. The van der Waals surface area contributed by atoms with E-state index in [0.29, 0.717) is 13.1 Å². The number of rotatable bonds is 2. The van der Waals surface area contributed by atoms with Crippen LogP contribution in [0.25, 0.3) is 0 Å². The van der Waals surface area contributed by atoms with Gasteiger partial charge in [0.1, 0.15) is 0 Å². The Hall–Kier alpha value is -1.16. The molecule has 0 aromatic carbocycles. The highest BCUT2D eigenvalue weighted by Gasteiger charge is 2.23. The summed E-state index contributed by atoms with van der Waals surface area (Å²) in [5.41, 5.74) is 0. The molecule has 0 bridgehead atoms. The Morgan fingerprint density at radius 3 is 2.93 bits per heavy atom. The quantitative estimate of drug-likeness (QED) is 0.490. The molecule has 1 aromatic heterocycles. The lowest BCUT2D eigenvalue weighted by Crippen LogP contribution is -3.00. The Morgan fingerprint density at radius 1 is 1.50 bits per heavy atom. The van der Waals surface area contributed by atoms with Gasteiger partial charge < -0.3 is 12.4 Å². The van der Waals surface area contributed by atoms with Crippen molar-refractivity contribution >= 4 is 5.91 Å². The minimum atomic E-state index is 0. The molecule has 14 heavy (non-hydrogen) atoms. The van der Waals surface area contributed by atoms with E-state index in [0.717, 1.165) is 13.0 Å². The van der Waals surface area contributed by atoms with Crippen molar-refractivity contribution in [3.8, 4) is 0 Å². The van der Waals surface area contributed by atoms with Crippen molar-refractivity contribution in [1.29, 1.82) is 0 Å². The van der Waals surface area contributed by atoms with Crippen LogP contribution in [0.15, 0.2) is 24.5 Å². The maximum absolute atomic E-state index is 11.3. The lowest BCUT2D eigenvalue weighted by Gasteiger charge is -2.08. The molecule has 1 amide bonds. The first-order valence-corrected chi connectivity index (χ1v) is 4.45. The fraction of sp³-hybridized carbons (Fsp3) is 0.444. The molecule has 0 N–H and O–H groups in total. The topological polar surface area (TPSA) is 37.1 Å². The van der Waals surface area contributed by atoms with Crippen LogP contribution in [0.4, 0.5) is 0 Å². The van der Waals surface area contributed by atoms with Gasteiger partial charge in [0.15, 0.2) is 6.20 Å². The Bertz CT molecular complexity index is 304. The standard InChI is InChI=1S/C9H12N3O.ClH/c13-9-4-3-6-11(9)8-12-7-2-1-5-10-12;/h1-2,5,7H,3-4,6,8H2;1H/q+1;/p-1. The molecular weight excluding hydrogens is 202 g/mol. The number of carbonyl (C=O) groups is 1. The molecule has 0 spiro atoms. The van der Waals surface area contributed by atoms with Crippen molar-refractivity contribution in [3.05, 3.63) is 24.5 Å². The van der Waals surface area contributed by atoms with Crippen molar-refractivity contribution in [1.82, 2.24) is 10.00 Å². The van der Waals surface area contributed by atoms with Gasteiger partial charge in [0.25, 0.3) is 6.67 Å². The van der Waals surface area contributed by atoms with Crippen LogP contribution < -0.4 is 17.1 Å². The van der Waals surface area contributed by atoms with Crippen molar-refractivity contribution in [3.63, 3.8) is 0 Å². The maximum atomic E-state index is 11.3. The summed E-state index contributed by atoms with van der Waals surface area (Å²) in [7, 11) is 0. The fourth-order valence-corrected chi connectivity index (χ4v) is 1.47. The normalized spacial score (nSPS) is 15.4. The number of nitrogens with zero attached hydrogens (tertiary/aromatic N) is 3. The molecule has 2 heterocycles. The SMILES string of the molecule is O=C1CCCN1C[n+]1ccccn1.[Cl-]. The summed E-state index contributed by atoms with van der Waals surface area (Å²) in [5.74, 6) is 0.234. The molecule has 0 saturated carbocycles. The van der Waals surface area contributed by atoms with Crippen LogP contribution in [0.2, 0.25) is 0 Å². The third kappa shape index (κ3) is 2.42. The van der Waals surface area contributed by atoms with Crippen molar-refractivity contribution in [2.45, 2.75) is 19.5 Å². The van der Waals surface area contributed by atoms with E-state index in [-0.39, 0.29) is 18.3 Å². The van der Waals surface area contributed by atoms with Crippen molar-refractivity contribution < 1.29 is 21.9 Å². The highest BCUT2D eigenvalue weighted by Crippen LogP contribution is 2.07. The van der Waals surface area contributed by atoms with Gasteiger partial charge in [-0.1, -0.05) is 4.68 Å². The van der Waals surface area contributed by atoms with Gasteiger partial charge in [-0.15, -0.1) is 0 Å². The predicted octanol–water partition coefficient (Wildman–Crippen LogP) is -3.05. The smallest absolute Gasteiger partial charge is 0.252 e. The minimum Gasteiger partial charge on any atom is -1.00 e. The predicted molar refractivity (Wildman–Crippen MR) is 45.4 cm³/mol. The molecule has 1 aromatic rings. The van der Waals surface area contributed by atoms with Crippen LogP contribution in [0, 0.1) is 0 Å². The van der Waals surface area contributed by atoms with Gasteiger partial charge in [-0.2, -0.15) is 0 Å². The van der Waals surface area contributed by atoms with Gasteiger partial charge in [-0.25, -0.2) is 0 Å². The Labute approximate surface area is 88.9 Å². The number of hydrogen-bond donors (Lipinski definition) is 0. The van der Waals surface area contributed by atoms with E-state index in [1.807, 2.05) is 23.2 Å². The summed E-state index contributed by atoms with van der Waals surface area (Å²) in [6, 6.07) is 3.77. The van der Waals surface area contributed by atoms with Crippen LogP contribution in [-0.2, 0) is 11.5 Å². The average molecular weight is 214 g/mol. The Kier molecular flexibility index (Phi) is 3.83. The molecule has 1 aliphatic heterocycles. The summed E-state index contributed by atoms with van der Waals surface area (Å²) in [6.07, 6.45) is 5.26. The van der Waals surface area contributed by atoms with E-state index >= 15 is 0 Å². The summed E-state index contributed by atoms with van der Waals surface area (Å²) in [5, 5.41) is 4.10. The number of hydrogen-bond acceptors (Lipinski definition) is 2. The first kappa shape index (κ1) is 10.9. The lowest BCUT2D eigenvalue weighted by molar-refractivity contribution is -0.767. The molecule has 0 atom stereocenters. The van der Waals surface area contributed by atoms with E-state index < -0.39 is 0 Å². The van der Waals surface area contributed by atoms with E-state index in [2.05, 4.69) is 5.10 Å². The molecule has 76 valence electrons. The lowest BCUT2D eigenvalue weighted by atomic mass is 10.4. The highest BCUT2D eigenvalue weighted by atomic mass is 35.5. The first-order valence-electron chi connectivity index (χ1n) is 4.45. The van der Waals surface area contributed by atoms with Gasteiger partial charge in [-0.3, -0.25) is 9.69 Å². The molecule has 0 radical (unpaired) electrons. The summed E-state index contributed by atoms with van der Waals surface area (Å²) in [6.45, 7) is 1.45. The highest BCUT2D eigenvalue weighted by molar-refractivity contribution is 5.77. The Balaban J connectivity index is 0.000000980. The monoisotopic (exact) mass is 213 g/mol. The van der Waals surface area contributed by atoms with Gasteiger partial charge in [-0.05, 0) is 17.6 Å². The summed E-state index contributed by atoms with van der Waals surface area (Å²) >= 11 is 0. The molecular formula is C9H12ClN3O. The second-order valence-electron chi connectivity index (χ2n) is 3.14. The average Bonchev–Trinajstić information content (AvgIpc) is 2.54. The largest absolute Gasteiger partial charge is 1.00 e. The Morgan fingerprint density at radius 2 is 2.36 bits per heavy atom. The molecule has 4 nitrogen and oxygen atoms in total. The molecule has 0 unspecified atom stereocenters. The molecule has 1 fully saturated rings. The zero-order valence-electron chi connectivity index (χ0n) is 7.77. The van der Waals surface area contributed by atoms with Crippen LogP contribution in [-0.4, -0.2) is 22.5 Å².